The first-order chi connectivity index (χ1) is 10.9. The molecule has 128 valence electrons. The van der Waals surface area contributed by atoms with Crippen LogP contribution in [0.2, 0.25) is 0 Å². The summed E-state index contributed by atoms with van der Waals surface area (Å²) in [5.41, 5.74) is 0.484. The molecule has 0 saturated carbocycles. The average molecular weight is 328 g/mol. The van der Waals surface area contributed by atoms with E-state index in [4.69, 9.17) is 4.74 Å². The first-order valence-corrected chi connectivity index (χ1v) is 7.66. The second-order valence-corrected chi connectivity index (χ2v) is 5.85. The van der Waals surface area contributed by atoms with E-state index in [9.17, 15) is 18.7 Å². The van der Waals surface area contributed by atoms with Crippen molar-refractivity contribution < 1.29 is 23.4 Å². The van der Waals surface area contributed by atoms with Crippen LogP contribution < -0.4 is 5.32 Å². The van der Waals surface area contributed by atoms with E-state index in [0.29, 0.717) is 31.7 Å². The Labute approximate surface area is 134 Å². The predicted molar refractivity (Wildman–Crippen MR) is 80.9 cm³/mol. The highest BCUT2D eigenvalue weighted by Gasteiger charge is 2.29. The third-order valence-corrected chi connectivity index (χ3v) is 3.89. The van der Waals surface area contributed by atoms with E-state index in [1.807, 2.05) is 0 Å². The summed E-state index contributed by atoms with van der Waals surface area (Å²) in [5, 5.41) is 12.3. The number of ether oxygens (including phenoxy) is 1. The number of nitrogens with zero attached hydrogens (tertiary/aromatic N) is 1. The molecule has 0 spiro atoms. The van der Waals surface area contributed by atoms with Crippen LogP contribution >= 0.6 is 0 Å². The number of aliphatic hydroxyl groups is 1. The fraction of sp³-hybridized carbons (Fsp3) is 0.562. The number of carbonyl (C=O) groups is 1. The molecule has 1 aromatic carbocycles. The van der Waals surface area contributed by atoms with Gasteiger partial charge in [-0.1, -0.05) is 6.07 Å². The van der Waals surface area contributed by atoms with Gasteiger partial charge in [-0.25, -0.2) is 13.6 Å². The molecule has 1 heterocycles. The minimum absolute atomic E-state index is 0.207. The second-order valence-electron chi connectivity index (χ2n) is 5.85. The van der Waals surface area contributed by atoms with Crippen LogP contribution in [-0.2, 0) is 4.74 Å². The Bertz CT molecular complexity index is 554. The Hall–Kier alpha value is -1.73. The van der Waals surface area contributed by atoms with Crippen molar-refractivity contribution in [1.82, 2.24) is 10.2 Å². The number of morpholine rings is 1. The number of halogens is 2. The maximum Gasteiger partial charge on any atom is 0.318 e. The Morgan fingerprint density at radius 1 is 1.43 bits per heavy atom. The lowest BCUT2D eigenvalue weighted by molar-refractivity contribution is -0.00474. The Kier molecular flexibility index (Phi) is 5.90. The van der Waals surface area contributed by atoms with Crippen LogP contribution in [0.25, 0.3) is 0 Å². The number of rotatable bonds is 4. The molecule has 1 aromatic rings. The van der Waals surface area contributed by atoms with Crippen molar-refractivity contribution >= 4 is 6.03 Å². The molecule has 3 atom stereocenters. The molecule has 0 unspecified atom stereocenters. The number of nitrogens with one attached hydrogen (secondary N) is 1. The van der Waals surface area contributed by atoms with Crippen LogP contribution in [0, 0.1) is 11.6 Å². The van der Waals surface area contributed by atoms with E-state index in [2.05, 4.69) is 5.32 Å². The summed E-state index contributed by atoms with van der Waals surface area (Å²) >= 11 is 0. The molecule has 7 heteroatoms. The highest BCUT2D eigenvalue weighted by atomic mass is 19.2. The van der Waals surface area contributed by atoms with Gasteiger partial charge in [0.15, 0.2) is 11.6 Å². The molecular weight excluding hydrogens is 306 g/mol. The number of urea groups is 1. The summed E-state index contributed by atoms with van der Waals surface area (Å²) in [6, 6.07) is 2.57. The molecule has 0 bridgehead atoms. The van der Waals surface area contributed by atoms with E-state index in [0.717, 1.165) is 12.1 Å². The Morgan fingerprint density at radius 2 is 2.17 bits per heavy atom. The molecule has 0 radical (unpaired) electrons. The number of benzene rings is 1. The van der Waals surface area contributed by atoms with Gasteiger partial charge >= 0.3 is 6.03 Å². The lowest BCUT2D eigenvalue weighted by Crippen LogP contribution is -2.53. The van der Waals surface area contributed by atoms with Gasteiger partial charge in [-0.3, -0.25) is 0 Å². The van der Waals surface area contributed by atoms with Gasteiger partial charge in [0, 0.05) is 6.54 Å². The number of aliphatic hydroxyl groups excluding tert-OH is 1. The van der Waals surface area contributed by atoms with Crippen molar-refractivity contribution in [1.29, 1.82) is 0 Å². The van der Waals surface area contributed by atoms with Crippen LogP contribution in [0.15, 0.2) is 18.2 Å². The van der Waals surface area contributed by atoms with Crippen LogP contribution in [0.5, 0.6) is 0 Å². The fourth-order valence-electron chi connectivity index (χ4n) is 2.64. The number of amides is 2. The summed E-state index contributed by atoms with van der Waals surface area (Å²) in [5.74, 6) is -1.86. The van der Waals surface area contributed by atoms with Gasteiger partial charge in [0.05, 0.1) is 31.4 Å². The second kappa shape index (κ2) is 7.70. The first-order valence-electron chi connectivity index (χ1n) is 7.66. The third-order valence-electron chi connectivity index (χ3n) is 3.89. The summed E-state index contributed by atoms with van der Waals surface area (Å²) in [6.07, 6.45) is -0.118. The quantitative estimate of drug-likeness (QED) is 0.891. The van der Waals surface area contributed by atoms with Crippen LogP contribution in [-0.4, -0.2) is 47.9 Å². The van der Waals surface area contributed by atoms with Crippen LogP contribution in [0.3, 0.4) is 0 Å². The van der Waals surface area contributed by atoms with E-state index in [1.54, 1.807) is 18.7 Å². The predicted octanol–water partition coefficient (Wildman–Crippen LogP) is 2.21. The molecule has 2 amide bonds. The average Bonchev–Trinajstić information content (AvgIpc) is 2.49. The van der Waals surface area contributed by atoms with Crippen LogP contribution in [0.4, 0.5) is 13.6 Å². The molecule has 1 aliphatic heterocycles. The minimum atomic E-state index is -0.943. The monoisotopic (exact) mass is 328 g/mol. The lowest BCUT2D eigenvalue weighted by atomic mass is 10.1. The molecule has 2 rings (SSSR count). The molecule has 2 N–H and O–H groups in total. The van der Waals surface area contributed by atoms with Gasteiger partial charge < -0.3 is 20.1 Å². The zero-order chi connectivity index (χ0) is 17.0. The van der Waals surface area contributed by atoms with Crippen molar-refractivity contribution in [2.24, 2.45) is 0 Å². The maximum atomic E-state index is 13.3. The molecule has 1 aliphatic rings. The SMILES string of the molecule is C[C@H](O)C[C@H]1COCCN1C(=O)N[C@@H](C)c1ccc(F)c(F)c1. The highest BCUT2D eigenvalue weighted by molar-refractivity contribution is 5.75. The third kappa shape index (κ3) is 4.62. The van der Waals surface area contributed by atoms with Crippen molar-refractivity contribution in [3.63, 3.8) is 0 Å². The van der Waals surface area contributed by atoms with Crippen molar-refractivity contribution in [3.8, 4) is 0 Å². The van der Waals surface area contributed by atoms with Crippen LogP contribution in [0.1, 0.15) is 31.9 Å². The number of hydrogen-bond donors (Lipinski definition) is 2. The molecule has 1 saturated heterocycles. The molecule has 0 aliphatic carbocycles. The van der Waals surface area contributed by atoms with Gasteiger partial charge in [-0.2, -0.15) is 0 Å². The largest absolute Gasteiger partial charge is 0.393 e. The van der Waals surface area contributed by atoms with Gasteiger partial charge in [0.25, 0.3) is 0 Å². The molecule has 23 heavy (non-hydrogen) atoms. The summed E-state index contributed by atoms with van der Waals surface area (Å²) in [7, 11) is 0. The highest BCUT2D eigenvalue weighted by Crippen LogP contribution is 2.18. The number of carbonyl (C=O) groups excluding carboxylic acids is 1. The van der Waals surface area contributed by atoms with E-state index >= 15 is 0 Å². The van der Waals surface area contributed by atoms with Gasteiger partial charge in [-0.15, -0.1) is 0 Å². The van der Waals surface area contributed by atoms with Crippen molar-refractivity contribution in [2.45, 2.75) is 38.5 Å². The van der Waals surface area contributed by atoms with Gasteiger partial charge in [-0.05, 0) is 38.0 Å². The first kappa shape index (κ1) is 17.6. The Balaban J connectivity index is 2.02. The Morgan fingerprint density at radius 3 is 2.83 bits per heavy atom. The normalized spacial score (nSPS) is 20.9. The molecular formula is C16H22F2N2O3. The van der Waals surface area contributed by atoms with E-state index in [1.165, 1.54) is 6.07 Å². The van der Waals surface area contributed by atoms with Crippen molar-refractivity contribution in [2.75, 3.05) is 19.8 Å². The van der Waals surface area contributed by atoms with E-state index < -0.39 is 23.8 Å². The standard InChI is InChI=1S/C16H22F2N2O3/c1-10(21)7-13-9-23-6-5-20(13)16(22)19-11(2)12-3-4-14(17)15(18)8-12/h3-4,8,10-11,13,21H,5-7,9H2,1-2H3,(H,19,22)/t10-,11-,13-/m0/s1. The summed E-state index contributed by atoms with van der Waals surface area (Å²) in [4.78, 5) is 14.1. The fourth-order valence-corrected chi connectivity index (χ4v) is 2.64. The van der Waals surface area contributed by atoms with Crippen molar-refractivity contribution in [3.05, 3.63) is 35.4 Å². The molecule has 0 aromatic heterocycles. The zero-order valence-corrected chi connectivity index (χ0v) is 13.3. The van der Waals surface area contributed by atoms with E-state index in [-0.39, 0.29) is 12.1 Å². The number of hydrogen-bond acceptors (Lipinski definition) is 3. The molecule has 5 nitrogen and oxygen atoms in total. The zero-order valence-electron chi connectivity index (χ0n) is 13.3. The maximum absolute atomic E-state index is 13.3. The topological polar surface area (TPSA) is 61.8 Å². The van der Waals surface area contributed by atoms with Gasteiger partial charge in [0.1, 0.15) is 0 Å². The molecule has 1 fully saturated rings. The summed E-state index contributed by atoms with van der Waals surface area (Å²) < 4.78 is 31.6. The minimum Gasteiger partial charge on any atom is -0.393 e. The van der Waals surface area contributed by atoms with Gasteiger partial charge in [0.2, 0.25) is 0 Å². The lowest BCUT2D eigenvalue weighted by Gasteiger charge is -2.37. The summed E-state index contributed by atoms with van der Waals surface area (Å²) in [6.45, 7) is 4.60. The smallest absolute Gasteiger partial charge is 0.318 e.